The van der Waals surface area contributed by atoms with Crippen LogP contribution in [0.2, 0.25) is 0 Å². The molecular formula is C15H19F2NO2. The Morgan fingerprint density at radius 2 is 2.00 bits per heavy atom. The highest BCUT2D eigenvalue weighted by molar-refractivity contribution is 5.37. The van der Waals surface area contributed by atoms with Crippen LogP contribution >= 0.6 is 0 Å². The van der Waals surface area contributed by atoms with Crippen molar-refractivity contribution < 1.29 is 18.3 Å². The van der Waals surface area contributed by atoms with E-state index in [1.54, 1.807) is 0 Å². The van der Waals surface area contributed by atoms with Crippen molar-refractivity contribution in [1.29, 1.82) is 0 Å². The lowest BCUT2D eigenvalue weighted by Gasteiger charge is -2.24. The Hall–Kier alpha value is -1.36. The lowest BCUT2D eigenvalue weighted by atomic mass is 9.97. The minimum Gasteiger partial charge on any atom is -0.491 e. The molecule has 2 atom stereocenters. The maximum absolute atomic E-state index is 14.2. The van der Waals surface area contributed by atoms with Gasteiger partial charge in [-0.05, 0) is 43.9 Å². The minimum atomic E-state index is -0.746. The third-order valence-electron chi connectivity index (χ3n) is 4.13. The van der Waals surface area contributed by atoms with Gasteiger partial charge < -0.3 is 14.8 Å². The summed E-state index contributed by atoms with van der Waals surface area (Å²) >= 11 is 0. The molecule has 1 aromatic carbocycles. The molecule has 5 heteroatoms. The number of rotatable bonds is 5. The van der Waals surface area contributed by atoms with E-state index in [4.69, 9.17) is 9.47 Å². The summed E-state index contributed by atoms with van der Waals surface area (Å²) in [5.74, 6) is -0.839. The number of hydrogen-bond donors (Lipinski definition) is 1. The number of benzene rings is 1. The lowest BCUT2D eigenvalue weighted by molar-refractivity contribution is 0.114. The molecule has 1 N–H and O–H groups in total. The summed E-state index contributed by atoms with van der Waals surface area (Å²) in [5, 5.41) is 3.31. The second-order valence-electron chi connectivity index (χ2n) is 5.57. The van der Waals surface area contributed by atoms with E-state index in [1.165, 1.54) is 19.2 Å². The van der Waals surface area contributed by atoms with Crippen LogP contribution in [0.15, 0.2) is 12.1 Å². The summed E-state index contributed by atoms with van der Waals surface area (Å²) in [4.78, 5) is 0. The SMILES string of the molecule is COc1c(F)ccc(OC(C2CC2)[C@H]2CCNC2)c1F. The van der Waals surface area contributed by atoms with Crippen molar-refractivity contribution in [3.63, 3.8) is 0 Å². The van der Waals surface area contributed by atoms with Crippen molar-refractivity contribution in [1.82, 2.24) is 5.32 Å². The highest BCUT2D eigenvalue weighted by atomic mass is 19.1. The average molecular weight is 283 g/mol. The van der Waals surface area contributed by atoms with E-state index in [1.807, 2.05) is 0 Å². The predicted octanol–water partition coefficient (Wildman–Crippen LogP) is 2.74. The molecular weight excluding hydrogens is 264 g/mol. The first kappa shape index (κ1) is 13.6. The van der Waals surface area contributed by atoms with E-state index in [0.29, 0.717) is 11.8 Å². The minimum absolute atomic E-state index is 0.00895. The second-order valence-corrected chi connectivity index (χ2v) is 5.57. The summed E-state index contributed by atoms with van der Waals surface area (Å²) in [5.41, 5.74) is 0. The number of nitrogens with one attached hydrogen (secondary N) is 1. The molecule has 1 saturated heterocycles. The molecule has 1 unspecified atom stereocenters. The van der Waals surface area contributed by atoms with Crippen LogP contribution in [0.25, 0.3) is 0 Å². The van der Waals surface area contributed by atoms with Crippen LogP contribution in [0.5, 0.6) is 11.5 Å². The normalized spacial score (nSPS) is 23.6. The fourth-order valence-corrected chi connectivity index (χ4v) is 2.90. The number of hydrogen-bond acceptors (Lipinski definition) is 3. The molecule has 1 saturated carbocycles. The van der Waals surface area contributed by atoms with Crippen LogP contribution in [-0.4, -0.2) is 26.3 Å². The van der Waals surface area contributed by atoms with Gasteiger partial charge >= 0.3 is 0 Å². The van der Waals surface area contributed by atoms with E-state index in [9.17, 15) is 8.78 Å². The molecule has 110 valence electrons. The Kier molecular flexibility index (Phi) is 3.78. The smallest absolute Gasteiger partial charge is 0.209 e. The summed E-state index contributed by atoms with van der Waals surface area (Å²) in [6, 6.07) is 2.54. The molecule has 2 aliphatic rings. The van der Waals surface area contributed by atoms with Gasteiger partial charge in [-0.15, -0.1) is 0 Å². The topological polar surface area (TPSA) is 30.5 Å². The third-order valence-corrected chi connectivity index (χ3v) is 4.13. The van der Waals surface area contributed by atoms with Gasteiger partial charge in [0.25, 0.3) is 0 Å². The number of methoxy groups -OCH3 is 1. The van der Waals surface area contributed by atoms with E-state index in [0.717, 1.165) is 32.4 Å². The zero-order valence-corrected chi connectivity index (χ0v) is 11.5. The maximum Gasteiger partial charge on any atom is 0.209 e. The summed E-state index contributed by atoms with van der Waals surface area (Å²) in [6.45, 7) is 1.88. The van der Waals surface area contributed by atoms with Crippen LogP contribution in [0.3, 0.4) is 0 Å². The van der Waals surface area contributed by atoms with E-state index in [2.05, 4.69) is 5.32 Å². The Morgan fingerprint density at radius 3 is 2.60 bits per heavy atom. The zero-order chi connectivity index (χ0) is 14.1. The molecule has 3 rings (SSSR count). The highest BCUT2D eigenvalue weighted by Crippen LogP contribution is 2.41. The number of ether oxygens (including phenoxy) is 2. The van der Waals surface area contributed by atoms with Crippen molar-refractivity contribution in [2.75, 3.05) is 20.2 Å². The van der Waals surface area contributed by atoms with Gasteiger partial charge in [0.2, 0.25) is 5.82 Å². The molecule has 20 heavy (non-hydrogen) atoms. The average Bonchev–Trinajstić information content (AvgIpc) is 3.13. The molecule has 1 aliphatic carbocycles. The molecule has 0 bridgehead atoms. The van der Waals surface area contributed by atoms with Crippen LogP contribution < -0.4 is 14.8 Å². The standard InChI is InChI=1S/C15H19F2NO2/c1-19-15-11(16)4-5-12(13(15)17)20-14(9-2-3-9)10-6-7-18-8-10/h4-5,9-10,14,18H,2-3,6-8H2,1H3/t10-,14?/m0/s1. The highest BCUT2D eigenvalue weighted by Gasteiger charge is 2.40. The van der Waals surface area contributed by atoms with Gasteiger partial charge in [-0.25, -0.2) is 4.39 Å². The van der Waals surface area contributed by atoms with Crippen LogP contribution in [0.1, 0.15) is 19.3 Å². The first-order valence-electron chi connectivity index (χ1n) is 7.10. The van der Waals surface area contributed by atoms with E-state index >= 15 is 0 Å². The van der Waals surface area contributed by atoms with Gasteiger partial charge in [-0.1, -0.05) is 0 Å². The Morgan fingerprint density at radius 1 is 1.20 bits per heavy atom. The van der Waals surface area contributed by atoms with Crippen LogP contribution in [-0.2, 0) is 0 Å². The van der Waals surface area contributed by atoms with Crippen molar-refractivity contribution in [3.8, 4) is 11.5 Å². The predicted molar refractivity (Wildman–Crippen MR) is 71.0 cm³/mol. The first-order chi connectivity index (χ1) is 9.70. The quantitative estimate of drug-likeness (QED) is 0.901. The van der Waals surface area contributed by atoms with Gasteiger partial charge in [0, 0.05) is 12.5 Å². The fourth-order valence-electron chi connectivity index (χ4n) is 2.90. The third kappa shape index (κ3) is 2.59. The van der Waals surface area contributed by atoms with Crippen molar-refractivity contribution in [3.05, 3.63) is 23.8 Å². The summed E-state index contributed by atoms with van der Waals surface area (Å²) < 4.78 is 38.2. The number of halogens is 2. The van der Waals surface area contributed by atoms with Crippen molar-refractivity contribution in [2.24, 2.45) is 11.8 Å². The molecule has 1 aromatic rings. The largest absolute Gasteiger partial charge is 0.491 e. The molecule has 0 amide bonds. The summed E-state index contributed by atoms with van der Waals surface area (Å²) in [6.07, 6.45) is 3.30. The molecule has 0 spiro atoms. The van der Waals surface area contributed by atoms with Gasteiger partial charge in [-0.2, -0.15) is 4.39 Å². The summed E-state index contributed by atoms with van der Waals surface area (Å²) in [7, 11) is 1.25. The molecule has 1 aliphatic heterocycles. The zero-order valence-electron chi connectivity index (χ0n) is 11.5. The molecule has 1 heterocycles. The van der Waals surface area contributed by atoms with Gasteiger partial charge in [0.15, 0.2) is 17.3 Å². The molecule has 2 fully saturated rings. The Bertz CT molecular complexity index is 485. The Balaban J connectivity index is 1.81. The van der Waals surface area contributed by atoms with Gasteiger partial charge in [0.05, 0.1) is 7.11 Å². The monoisotopic (exact) mass is 283 g/mol. The first-order valence-corrected chi connectivity index (χ1v) is 7.10. The van der Waals surface area contributed by atoms with E-state index < -0.39 is 11.6 Å². The van der Waals surface area contributed by atoms with E-state index in [-0.39, 0.29) is 17.6 Å². The van der Waals surface area contributed by atoms with Gasteiger partial charge in [0.1, 0.15) is 6.10 Å². The molecule has 3 nitrogen and oxygen atoms in total. The van der Waals surface area contributed by atoms with Crippen molar-refractivity contribution in [2.45, 2.75) is 25.4 Å². The Labute approximate surface area is 117 Å². The molecule has 0 radical (unpaired) electrons. The van der Waals surface area contributed by atoms with Crippen molar-refractivity contribution >= 4 is 0 Å². The molecule has 0 aromatic heterocycles. The maximum atomic E-state index is 14.2. The van der Waals surface area contributed by atoms with Crippen LogP contribution in [0.4, 0.5) is 8.78 Å². The van der Waals surface area contributed by atoms with Gasteiger partial charge in [-0.3, -0.25) is 0 Å². The fraction of sp³-hybridized carbons (Fsp3) is 0.600. The lowest BCUT2D eigenvalue weighted by Crippen LogP contribution is -2.31. The van der Waals surface area contributed by atoms with Crippen LogP contribution in [0, 0.1) is 23.5 Å². The second kappa shape index (κ2) is 5.56.